The SMILES string of the molecule is CCCC(CCC)COC(C)=O. The van der Waals surface area contributed by atoms with E-state index in [-0.39, 0.29) is 5.97 Å². The van der Waals surface area contributed by atoms with Gasteiger partial charge in [0.05, 0.1) is 6.61 Å². The van der Waals surface area contributed by atoms with E-state index < -0.39 is 0 Å². The van der Waals surface area contributed by atoms with Crippen LogP contribution in [0.4, 0.5) is 0 Å². The van der Waals surface area contributed by atoms with Gasteiger partial charge in [-0.25, -0.2) is 0 Å². The molecule has 0 rings (SSSR count). The van der Waals surface area contributed by atoms with E-state index in [9.17, 15) is 4.79 Å². The van der Waals surface area contributed by atoms with Crippen molar-refractivity contribution in [2.24, 2.45) is 5.92 Å². The second kappa shape index (κ2) is 7.14. The van der Waals surface area contributed by atoms with Gasteiger partial charge < -0.3 is 4.74 Å². The van der Waals surface area contributed by atoms with Gasteiger partial charge in [-0.3, -0.25) is 4.79 Å². The third-order valence-electron chi connectivity index (χ3n) is 1.92. The van der Waals surface area contributed by atoms with Gasteiger partial charge in [-0.15, -0.1) is 0 Å². The fourth-order valence-electron chi connectivity index (χ4n) is 1.36. The molecule has 0 aromatic rings. The number of rotatable bonds is 6. The van der Waals surface area contributed by atoms with Gasteiger partial charge in [0.1, 0.15) is 0 Å². The van der Waals surface area contributed by atoms with Crippen LogP contribution in [0.3, 0.4) is 0 Å². The largest absolute Gasteiger partial charge is 0.466 e. The van der Waals surface area contributed by atoms with Crippen LogP contribution in [0.5, 0.6) is 0 Å². The third-order valence-corrected chi connectivity index (χ3v) is 1.92. The van der Waals surface area contributed by atoms with E-state index in [0.29, 0.717) is 12.5 Å². The second-order valence-electron chi connectivity index (χ2n) is 3.25. The van der Waals surface area contributed by atoms with E-state index >= 15 is 0 Å². The lowest BCUT2D eigenvalue weighted by molar-refractivity contribution is -0.142. The van der Waals surface area contributed by atoms with E-state index in [2.05, 4.69) is 13.8 Å². The van der Waals surface area contributed by atoms with E-state index in [1.165, 1.54) is 32.6 Å². The molecule has 0 radical (unpaired) electrons. The summed E-state index contributed by atoms with van der Waals surface area (Å²) in [6, 6.07) is 0. The molecule has 0 saturated heterocycles. The first-order valence-corrected chi connectivity index (χ1v) is 4.84. The van der Waals surface area contributed by atoms with Crippen molar-refractivity contribution >= 4 is 5.97 Å². The summed E-state index contributed by atoms with van der Waals surface area (Å²) in [6.45, 7) is 6.40. The standard InChI is InChI=1S/C10H20O2/c1-4-6-10(7-5-2)8-12-9(3)11/h10H,4-8H2,1-3H3. The molecule has 0 spiro atoms. The van der Waals surface area contributed by atoms with Crippen molar-refractivity contribution in [2.45, 2.75) is 46.5 Å². The van der Waals surface area contributed by atoms with Crippen LogP contribution in [0.2, 0.25) is 0 Å². The van der Waals surface area contributed by atoms with E-state index in [1.807, 2.05) is 0 Å². The highest BCUT2D eigenvalue weighted by Crippen LogP contribution is 2.13. The predicted molar refractivity (Wildman–Crippen MR) is 49.9 cm³/mol. The zero-order valence-electron chi connectivity index (χ0n) is 8.43. The molecule has 0 unspecified atom stereocenters. The van der Waals surface area contributed by atoms with Gasteiger partial charge in [0.25, 0.3) is 0 Å². The summed E-state index contributed by atoms with van der Waals surface area (Å²) in [5.74, 6) is 0.413. The highest BCUT2D eigenvalue weighted by molar-refractivity contribution is 5.65. The van der Waals surface area contributed by atoms with Crippen LogP contribution >= 0.6 is 0 Å². The van der Waals surface area contributed by atoms with Crippen molar-refractivity contribution < 1.29 is 9.53 Å². The first-order valence-electron chi connectivity index (χ1n) is 4.84. The molecule has 0 aliphatic heterocycles. The molecule has 0 aliphatic carbocycles. The molecule has 0 aromatic heterocycles. The third kappa shape index (κ3) is 6.20. The van der Waals surface area contributed by atoms with Crippen molar-refractivity contribution in [3.8, 4) is 0 Å². The van der Waals surface area contributed by atoms with Gasteiger partial charge >= 0.3 is 5.97 Å². The Morgan fingerprint density at radius 1 is 1.25 bits per heavy atom. The minimum absolute atomic E-state index is 0.160. The fraction of sp³-hybridized carbons (Fsp3) is 0.900. The average molecular weight is 172 g/mol. The smallest absolute Gasteiger partial charge is 0.302 e. The molecular weight excluding hydrogens is 152 g/mol. The number of carbonyl (C=O) groups excluding carboxylic acids is 1. The fourth-order valence-corrected chi connectivity index (χ4v) is 1.36. The second-order valence-corrected chi connectivity index (χ2v) is 3.25. The van der Waals surface area contributed by atoms with Crippen LogP contribution in [-0.2, 0) is 9.53 Å². The first kappa shape index (κ1) is 11.5. The molecule has 0 aliphatic rings. The Morgan fingerprint density at radius 3 is 2.08 bits per heavy atom. The van der Waals surface area contributed by atoms with Crippen molar-refractivity contribution in [1.82, 2.24) is 0 Å². The molecule has 2 nitrogen and oxygen atoms in total. The Labute approximate surface area is 75.3 Å². The molecule has 0 atom stereocenters. The van der Waals surface area contributed by atoms with Crippen LogP contribution in [0, 0.1) is 5.92 Å². The van der Waals surface area contributed by atoms with E-state index in [4.69, 9.17) is 4.74 Å². The zero-order chi connectivity index (χ0) is 9.40. The van der Waals surface area contributed by atoms with E-state index in [0.717, 1.165) is 0 Å². The zero-order valence-corrected chi connectivity index (χ0v) is 8.43. The number of carbonyl (C=O) groups is 1. The monoisotopic (exact) mass is 172 g/mol. The Morgan fingerprint density at radius 2 is 1.75 bits per heavy atom. The minimum atomic E-state index is -0.160. The van der Waals surface area contributed by atoms with Crippen molar-refractivity contribution in [3.63, 3.8) is 0 Å². The maximum atomic E-state index is 10.5. The molecule has 12 heavy (non-hydrogen) atoms. The summed E-state index contributed by atoms with van der Waals surface area (Å²) in [7, 11) is 0. The molecule has 0 saturated carbocycles. The van der Waals surface area contributed by atoms with Crippen LogP contribution in [0.1, 0.15) is 46.5 Å². The lowest BCUT2D eigenvalue weighted by Crippen LogP contribution is -2.11. The van der Waals surface area contributed by atoms with Gasteiger partial charge in [-0.2, -0.15) is 0 Å². The minimum Gasteiger partial charge on any atom is -0.466 e. The quantitative estimate of drug-likeness (QED) is 0.576. The summed E-state index contributed by atoms with van der Waals surface area (Å²) >= 11 is 0. The normalized spacial score (nSPS) is 10.3. The van der Waals surface area contributed by atoms with Crippen LogP contribution in [-0.4, -0.2) is 12.6 Å². The maximum absolute atomic E-state index is 10.5. The van der Waals surface area contributed by atoms with Gasteiger partial charge in [0.15, 0.2) is 0 Å². The highest BCUT2D eigenvalue weighted by Gasteiger charge is 2.07. The molecule has 0 N–H and O–H groups in total. The van der Waals surface area contributed by atoms with Gasteiger partial charge in [0.2, 0.25) is 0 Å². The summed E-state index contributed by atoms with van der Waals surface area (Å²) < 4.78 is 4.97. The maximum Gasteiger partial charge on any atom is 0.302 e. The van der Waals surface area contributed by atoms with Crippen molar-refractivity contribution in [3.05, 3.63) is 0 Å². The predicted octanol–water partition coefficient (Wildman–Crippen LogP) is 2.77. The van der Waals surface area contributed by atoms with Gasteiger partial charge in [0, 0.05) is 6.92 Å². The Bertz CT molecular complexity index is 115. The van der Waals surface area contributed by atoms with Crippen LogP contribution < -0.4 is 0 Å². The van der Waals surface area contributed by atoms with Crippen molar-refractivity contribution in [2.75, 3.05) is 6.61 Å². The topological polar surface area (TPSA) is 26.3 Å². The van der Waals surface area contributed by atoms with Crippen LogP contribution in [0.25, 0.3) is 0 Å². The first-order chi connectivity index (χ1) is 5.70. The molecule has 2 heteroatoms. The molecule has 0 amide bonds. The van der Waals surface area contributed by atoms with Crippen LogP contribution in [0.15, 0.2) is 0 Å². The molecular formula is C10H20O2. The molecule has 0 bridgehead atoms. The number of hydrogen-bond acceptors (Lipinski definition) is 2. The number of esters is 1. The molecule has 0 fully saturated rings. The molecule has 72 valence electrons. The summed E-state index contributed by atoms with van der Waals surface area (Å²) in [5.41, 5.74) is 0. The van der Waals surface area contributed by atoms with Gasteiger partial charge in [-0.1, -0.05) is 26.7 Å². The summed E-state index contributed by atoms with van der Waals surface area (Å²) in [5, 5.41) is 0. The average Bonchev–Trinajstić information content (AvgIpc) is 2.01. The summed E-state index contributed by atoms with van der Waals surface area (Å²) in [6.07, 6.45) is 4.68. The lowest BCUT2D eigenvalue weighted by Gasteiger charge is -2.14. The summed E-state index contributed by atoms with van der Waals surface area (Å²) in [4.78, 5) is 10.5. The van der Waals surface area contributed by atoms with Crippen molar-refractivity contribution in [1.29, 1.82) is 0 Å². The van der Waals surface area contributed by atoms with Gasteiger partial charge in [-0.05, 0) is 18.8 Å². The molecule has 0 aromatic carbocycles. The number of ether oxygens (including phenoxy) is 1. The van der Waals surface area contributed by atoms with E-state index in [1.54, 1.807) is 0 Å². The Kier molecular flexibility index (Phi) is 6.82. The highest BCUT2D eigenvalue weighted by atomic mass is 16.5. The number of hydrogen-bond donors (Lipinski definition) is 0. The Hall–Kier alpha value is -0.530. The Balaban J connectivity index is 3.54. The lowest BCUT2D eigenvalue weighted by atomic mass is 9.99. The molecule has 0 heterocycles.